The smallest absolute Gasteiger partial charge is 0.238 e. The van der Waals surface area contributed by atoms with Crippen LogP contribution in [0.1, 0.15) is 24.5 Å². The van der Waals surface area contributed by atoms with E-state index >= 15 is 0 Å². The highest BCUT2D eigenvalue weighted by atomic mass is 16.2. The number of nitrogens with zero attached hydrogens (tertiary/aromatic N) is 1. The number of aryl methyl sites for hydroxylation is 2. The van der Waals surface area contributed by atoms with Crippen LogP contribution < -0.4 is 4.90 Å². The number of hydrogen-bond acceptors (Lipinski definition) is 2. The summed E-state index contributed by atoms with van der Waals surface area (Å²) in [4.78, 5) is 26.7. The Labute approximate surface area is 119 Å². The van der Waals surface area contributed by atoms with Crippen LogP contribution in [0.3, 0.4) is 0 Å². The highest BCUT2D eigenvalue weighted by Crippen LogP contribution is 2.41. The fraction of sp³-hybridized carbons (Fsp3) is 0.412. The Morgan fingerprint density at radius 2 is 1.90 bits per heavy atom. The van der Waals surface area contributed by atoms with Gasteiger partial charge in [-0.25, -0.2) is 4.90 Å². The summed E-state index contributed by atoms with van der Waals surface area (Å²) >= 11 is 0. The zero-order chi connectivity index (χ0) is 14.4. The van der Waals surface area contributed by atoms with Crippen LogP contribution in [-0.4, -0.2) is 11.8 Å². The molecule has 3 atom stereocenters. The first kappa shape index (κ1) is 13.1. The molecule has 2 amide bonds. The first-order valence-corrected chi connectivity index (χ1v) is 7.12. The Morgan fingerprint density at radius 1 is 1.15 bits per heavy atom. The maximum absolute atomic E-state index is 12.7. The van der Waals surface area contributed by atoms with E-state index in [1.807, 2.05) is 45.0 Å². The van der Waals surface area contributed by atoms with Gasteiger partial charge in [0.1, 0.15) is 0 Å². The van der Waals surface area contributed by atoms with Gasteiger partial charge < -0.3 is 0 Å². The minimum atomic E-state index is -0.188. The molecule has 0 unspecified atom stereocenters. The van der Waals surface area contributed by atoms with Gasteiger partial charge in [-0.1, -0.05) is 31.2 Å². The third-order valence-corrected chi connectivity index (χ3v) is 4.48. The average Bonchev–Trinajstić information content (AvgIpc) is 2.66. The highest BCUT2D eigenvalue weighted by Gasteiger charge is 2.50. The Balaban J connectivity index is 2.06. The van der Waals surface area contributed by atoms with Crippen LogP contribution in [0.5, 0.6) is 0 Å². The molecule has 1 saturated heterocycles. The molecule has 3 nitrogen and oxygen atoms in total. The van der Waals surface area contributed by atoms with Crippen molar-refractivity contribution in [2.45, 2.75) is 27.2 Å². The molecule has 1 aliphatic carbocycles. The normalized spacial score (nSPS) is 28.9. The van der Waals surface area contributed by atoms with Gasteiger partial charge in [-0.15, -0.1) is 0 Å². The first-order chi connectivity index (χ1) is 9.50. The van der Waals surface area contributed by atoms with Crippen molar-refractivity contribution < 1.29 is 9.59 Å². The molecule has 1 aromatic rings. The molecule has 3 heteroatoms. The molecule has 3 rings (SSSR count). The maximum atomic E-state index is 12.7. The third-order valence-electron chi connectivity index (χ3n) is 4.48. The van der Waals surface area contributed by atoms with E-state index in [4.69, 9.17) is 0 Å². The monoisotopic (exact) mass is 269 g/mol. The maximum Gasteiger partial charge on any atom is 0.238 e. The summed E-state index contributed by atoms with van der Waals surface area (Å²) in [5, 5.41) is 0. The van der Waals surface area contributed by atoms with E-state index in [1.54, 1.807) is 0 Å². The van der Waals surface area contributed by atoms with Gasteiger partial charge in [-0.2, -0.15) is 0 Å². The van der Waals surface area contributed by atoms with Crippen LogP contribution in [-0.2, 0) is 9.59 Å². The number of fused-ring (bicyclic) bond motifs is 1. The number of amides is 2. The zero-order valence-corrected chi connectivity index (χ0v) is 12.1. The number of anilines is 1. The topological polar surface area (TPSA) is 37.4 Å². The SMILES string of the molecule is Cc1ccc(C)c(N2C(=O)[C@@H]3[C@H](CC=C[C@@H]3C)C2=O)c1. The second-order valence-electron chi connectivity index (χ2n) is 5.96. The number of benzene rings is 1. The van der Waals surface area contributed by atoms with Gasteiger partial charge in [0, 0.05) is 0 Å². The van der Waals surface area contributed by atoms with Crippen LogP contribution in [0.2, 0.25) is 0 Å². The van der Waals surface area contributed by atoms with Gasteiger partial charge in [-0.3, -0.25) is 9.59 Å². The second kappa shape index (κ2) is 4.58. The average molecular weight is 269 g/mol. The van der Waals surface area contributed by atoms with Gasteiger partial charge in [0.25, 0.3) is 0 Å². The highest BCUT2D eigenvalue weighted by molar-refractivity contribution is 6.22. The summed E-state index contributed by atoms with van der Waals surface area (Å²) in [6.07, 6.45) is 4.77. The van der Waals surface area contributed by atoms with E-state index in [2.05, 4.69) is 6.08 Å². The lowest BCUT2D eigenvalue weighted by Crippen LogP contribution is -2.32. The van der Waals surface area contributed by atoms with E-state index in [1.165, 1.54) is 4.90 Å². The van der Waals surface area contributed by atoms with Crippen LogP contribution in [0.4, 0.5) is 5.69 Å². The molecular weight excluding hydrogens is 250 g/mol. The fourth-order valence-corrected chi connectivity index (χ4v) is 3.35. The van der Waals surface area contributed by atoms with E-state index in [0.29, 0.717) is 6.42 Å². The molecule has 20 heavy (non-hydrogen) atoms. The largest absolute Gasteiger partial charge is 0.274 e. The Bertz CT molecular complexity index is 617. The number of carbonyl (C=O) groups excluding carboxylic acids is 2. The van der Waals surface area contributed by atoms with Crippen molar-refractivity contribution in [1.82, 2.24) is 0 Å². The molecule has 0 saturated carbocycles. The number of hydrogen-bond donors (Lipinski definition) is 0. The molecule has 0 radical (unpaired) electrons. The molecule has 0 aromatic heterocycles. The predicted molar refractivity (Wildman–Crippen MR) is 78.3 cm³/mol. The number of carbonyl (C=O) groups is 2. The number of imide groups is 1. The fourth-order valence-electron chi connectivity index (χ4n) is 3.35. The lowest BCUT2D eigenvalue weighted by atomic mass is 9.78. The summed E-state index contributed by atoms with van der Waals surface area (Å²) in [5.74, 6) is -0.300. The lowest BCUT2D eigenvalue weighted by Gasteiger charge is -2.22. The molecule has 1 fully saturated rings. The van der Waals surface area contributed by atoms with Crippen molar-refractivity contribution >= 4 is 17.5 Å². The summed E-state index contributed by atoms with van der Waals surface area (Å²) < 4.78 is 0. The van der Waals surface area contributed by atoms with E-state index in [0.717, 1.165) is 16.8 Å². The first-order valence-electron chi connectivity index (χ1n) is 7.12. The number of allylic oxidation sites excluding steroid dienone is 2. The molecular formula is C17H19NO2. The zero-order valence-electron chi connectivity index (χ0n) is 12.1. The van der Waals surface area contributed by atoms with Gasteiger partial charge in [0.15, 0.2) is 0 Å². The van der Waals surface area contributed by atoms with Crippen LogP contribution in [0.15, 0.2) is 30.4 Å². The molecule has 1 aromatic carbocycles. The van der Waals surface area contributed by atoms with Gasteiger partial charge in [0.05, 0.1) is 17.5 Å². The predicted octanol–water partition coefficient (Wildman–Crippen LogP) is 3.01. The van der Waals surface area contributed by atoms with Crippen molar-refractivity contribution in [1.29, 1.82) is 0 Å². The van der Waals surface area contributed by atoms with E-state index < -0.39 is 0 Å². The van der Waals surface area contributed by atoms with Crippen molar-refractivity contribution in [2.75, 3.05) is 4.90 Å². The Morgan fingerprint density at radius 3 is 2.60 bits per heavy atom. The standard InChI is InChI=1S/C17H19NO2/c1-10-7-8-11(2)14(9-10)18-16(19)13-6-4-5-12(3)15(13)17(18)20/h4-5,7-9,12-13,15H,6H2,1-3H3/t12-,13-,15-/m0/s1. The molecule has 0 N–H and O–H groups in total. The summed E-state index contributed by atoms with van der Waals surface area (Å²) in [5.41, 5.74) is 2.78. The minimum Gasteiger partial charge on any atom is -0.274 e. The third kappa shape index (κ3) is 1.80. The van der Waals surface area contributed by atoms with Crippen molar-refractivity contribution in [2.24, 2.45) is 17.8 Å². The molecule has 0 bridgehead atoms. The second-order valence-corrected chi connectivity index (χ2v) is 5.96. The molecule has 1 heterocycles. The molecule has 104 valence electrons. The van der Waals surface area contributed by atoms with Crippen LogP contribution in [0, 0.1) is 31.6 Å². The number of rotatable bonds is 1. The van der Waals surface area contributed by atoms with Gasteiger partial charge >= 0.3 is 0 Å². The molecule has 2 aliphatic rings. The Kier molecular flexibility index (Phi) is 3.00. The van der Waals surface area contributed by atoms with Gasteiger partial charge in [-0.05, 0) is 43.4 Å². The summed E-state index contributed by atoms with van der Waals surface area (Å²) in [6, 6.07) is 5.90. The summed E-state index contributed by atoms with van der Waals surface area (Å²) in [7, 11) is 0. The van der Waals surface area contributed by atoms with E-state index in [9.17, 15) is 9.59 Å². The van der Waals surface area contributed by atoms with Crippen LogP contribution in [0.25, 0.3) is 0 Å². The van der Waals surface area contributed by atoms with Crippen molar-refractivity contribution in [3.63, 3.8) is 0 Å². The Hall–Kier alpha value is -1.90. The molecule has 0 spiro atoms. The lowest BCUT2D eigenvalue weighted by molar-refractivity contribution is -0.122. The van der Waals surface area contributed by atoms with Crippen LogP contribution >= 0.6 is 0 Å². The summed E-state index contributed by atoms with van der Waals surface area (Å²) in [6.45, 7) is 5.94. The van der Waals surface area contributed by atoms with Crippen molar-refractivity contribution in [3.05, 3.63) is 41.5 Å². The quantitative estimate of drug-likeness (QED) is 0.580. The van der Waals surface area contributed by atoms with Gasteiger partial charge in [0.2, 0.25) is 11.8 Å². The minimum absolute atomic E-state index is 0.0365. The van der Waals surface area contributed by atoms with Crippen molar-refractivity contribution in [3.8, 4) is 0 Å². The molecule has 1 aliphatic heterocycles. The van der Waals surface area contributed by atoms with E-state index in [-0.39, 0.29) is 29.6 Å².